The van der Waals surface area contributed by atoms with E-state index in [4.69, 9.17) is 11.6 Å². The van der Waals surface area contributed by atoms with E-state index in [1.54, 1.807) is 0 Å². The van der Waals surface area contributed by atoms with Crippen LogP contribution in [0.1, 0.15) is 110 Å². The van der Waals surface area contributed by atoms with Gasteiger partial charge in [0.25, 0.3) is 0 Å². The predicted octanol–water partition coefficient (Wildman–Crippen LogP) is 17.5. The average molecular weight is 824 g/mol. The van der Waals surface area contributed by atoms with Crippen LogP contribution in [0.5, 0.6) is 0 Å². The lowest BCUT2D eigenvalue weighted by Gasteiger charge is -2.35. The molecule has 0 radical (unpaired) electrons. The number of rotatable bonds is 9. The minimum absolute atomic E-state index is 0.0428. The molecule has 0 heterocycles. The Morgan fingerprint density at radius 1 is 0.361 bits per heavy atom. The molecule has 7 aromatic carbocycles. The van der Waals surface area contributed by atoms with Crippen LogP contribution in [0.15, 0.2) is 164 Å². The Morgan fingerprint density at radius 3 is 1.28 bits per heavy atom. The molecule has 3 heteroatoms. The lowest BCUT2D eigenvalue weighted by Crippen LogP contribution is -2.20. The second kappa shape index (κ2) is 16.7. The standard InChI is InChI=1S/C58H63ClN2/c1-40-34-52(60(47-29-19-26-43(36-47)55(2,3)4)48-30-20-27-44(37-48)56(5,6)7)54(59)53(35-40)61(49-31-21-28-46(38-49)58(11,12)42-24-17-14-18-25-42)51-33-32-45(57(8,9)10)39-50(51)41-22-15-13-16-23-41/h13-39H,1-12H3. The highest BCUT2D eigenvalue weighted by molar-refractivity contribution is 6.37. The number of nitrogens with zero attached hydrogens (tertiary/aromatic N) is 2. The van der Waals surface area contributed by atoms with Crippen molar-refractivity contribution in [2.75, 3.05) is 9.80 Å². The van der Waals surface area contributed by atoms with Gasteiger partial charge in [0.05, 0.1) is 22.1 Å². The van der Waals surface area contributed by atoms with Gasteiger partial charge in [-0.3, -0.25) is 0 Å². The monoisotopic (exact) mass is 822 g/mol. The Labute approximate surface area is 371 Å². The van der Waals surface area contributed by atoms with Crippen molar-refractivity contribution in [2.24, 2.45) is 0 Å². The maximum absolute atomic E-state index is 8.07. The van der Waals surface area contributed by atoms with E-state index >= 15 is 0 Å². The Balaban J connectivity index is 1.55. The molecular weight excluding hydrogens is 760 g/mol. The summed E-state index contributed by atoms with van der Waals surface area (Å²) in [5.41, 5.74) is 15.4. The maximum Gasteiger partial charge on any atom is 0.0887 e. The summed E-state index contributed by atoms with van der Waals surface area (Å²) in [6.45, 7) is 27.3. The molecule has 0 fully saturated rings. The van der Waals surface area contributed by atoms with Gasteiger partial charge in [0.15, 0.2) is 0 Å². The molecule has 0 aliphatic heterocycles. The fourth-order valence-corrected chi connectivity index (χ4v) is 8.49. The Morgan fingerprint density at radius 2 is 0.770 bits per heavy atom. The highest BCUT2D eigenvalue weighted by Crippen LogP contribution is 2.51. The molecule has 7 rings (SSSR count). The molecule has 0 saturated heterocycles. The van der Waals surface area contributed by atoms with Crippen LogP contribution in [0, 0.1) is 6.92 Å². The van der Waals surface area contributed by atoms with Crippen molar-refractivity contribution in [3.05, 3.63) is 202 Å². The summed E-state index contributed by atoms with van der Waals surface area (Å²) in [7, 11) is 0. The van der Waals surface area contributed by atoms with Gasteiger partial charge in [-0.2, -0.15) is 0 Å². The molecule has 61 heavy (non-hydrogen) atoms. The second-order valence-corrected chi connectivity index (χ2v) is 20.7. The van der Waals surface area contributed by atoms with Gasteiger partial charge >= 0.3 is 0 Å². The van der Waals surface area contributed by atoms with Crippen molar-refractivity contribution in [2.45, 2.75) is 105 Å². The molecule has 312 valence electrons. The maximum atomic E-state index is 8.07. The van der Waals surface area contributed by atoms with E-state index < -0.39 is 0 Å². The molecule has 0 bridgehead atoms. The number of aryl methyl sites for hydroxylation is 1. The van der Waals surface area contributed by atoms with Crippen LogP contribution in [0.3, 0.4) is 0 Å². The topological polar surface area (TPSA) is 6.48 Å². The highest BCUT2D eigenvalue weighted by atomic mass is 35.5. The van der Waals surface area contributed by atoms with Crippen molar-refractivity contribution < 1.29 is 0 Å². The first-order valence-electron chi connectivity index (χ1n) is 21.7. The van der Waals surface area contributed by atoms with E-state index in [1.165, 1.54) is 27.8 Å². The zero-order chi connectivity index (χ0) is 43.9. The SMILES string of the molecule is Cc1cc(N(c2cccc(C(C)(C)C)c2)c2cccc(C(C)(C)C)c2)c(Cl)c(N(c2cccc(C(C)(C)c3ccccc3)c2)c2ccc(C(C)(C)C)cc2-c2ccccc2)c1. The van der Waals surface area contributed by atoms with Gasteiger partial charge in [0.1, 0.15) is 0 Å². The van der Waals surface area contributed by atoms with Crippen LogP contribution >= 0.6 is 11.6 Å². The highest BCUT2D eigenvalue weighted by Gasteiger charge is 2.29. The summed E-state index contributed by atoms with van der Waals surface area (Å²) in [4.78, 5) is 4.75. The van der Waals surface area contributed by atoms with Crippen LogP contribution < -0.4 is 9.80 Å². The van der Waals surface area contributed by atoms with Gasteiger partial charge in [-0.05, 0) is 123 Å². The molecule has 0 aromatic heterocycles. The molecule has 0 aliphatic rings. The Hall–Kier alpha value is -5.57. The van der Waals surface area contributed by atoms with E-state index in [1.807, 2.05) is 0 Å². The van der Waals surface area contributed by atoms with Crippen molar-refractivity contribution >= 4 is 45.7 Å². The van der Waals surface area contributed by atoms with Crippen molar-refractivity contribution in [3.8, 4) is 11.1 Å². The summed E-state index contributed by atoms with van der Waals surface area (Å²) >= 11 is 8.07. The normalized spacial score (nSPS) is 12.3. The zero-order valence-corrected chi connectivity index (χ0v) is 39.1. The number of halogens is 1. The van der Waals surface area contributed by atoms with E-state index in [0.29, 0.717) is 5.02 Å². The fraction of sp³-hybridized carbons (Fsp3) is 0.276. The van der Waals surface area contributed by atoms with E-state index in [9.17, 15) is 0 Å². The second-order valence-electron chi connectivity index (χ2n) is 20.3. The quantitative estimate of drug-likeness (QED) is 0.143. The van der Waals surface area contributed by atoms with Gasteiger partial charge in [-0.1, -0.05) is 191 Å². The molecule has 2 nitrogen and oxygen atoms in total. The zero-order valence-electron chi connectivity index (χ0n) is 38.4. The van der Waals surface area contributed by atoms with Crippen LogP contribution in [-0.2, 0) is 21.7 Å². The van der Waals surface area contributed by atoms with E-state index in [2.05, 4.69) is 257 Å². The molecular formula is C58H63ClN2. The average Bonchev–Trinajstić information content (AvgIpc) is 3.22. The summed E-state index contributed by atoms with van der Waals surface area (Å²) in [6.07, 6.45) is 0. The van der Waals surface area contributed by atoms with Gasteiger partial charge in [-0.15, -0.1) is 0 Å². The number of hydrogen-bond acceptors (Lipinski definition) is 2. The van der Waals surface area contributed by atoms with Gasteiger partial charge < -0.3 is 9.80 Å². The van der Waals surface area contributed by atoms with E-state index in [-0.39, 0.29) is 21.7 Å². The molecule has 0 saturated carbocycles. The number of hydrogen-bond donors (Lipinski definition) is 0. The summed E-state index contributed by atoms with van der Waals surface area (Å²) in [6, 6.07) is 60.0. The fourth-order valence-electron chi connectivity index (χ4n) is 8.22. The lowest BCUT2D eigenvalue weighted by atomic mass is 9.78. The third kappa shape index (κ3) is 9.21. The van der Waals surface area contributed by atoms with Crippen LogP contribution in [0.4, 0.5) is 34.1 Å². The first-order chi connectivity index (χ1) is 28.7. The summed E-state index contributed by atoms with van der Waals surface area (Å²) < 4.78 is 0. The molecule has 7 aromatic rings. The smallest absolute Gasteiger partial charge is 0.0887 e. The molecule has 0 aliphatic carbocycles. The lowest BCUT2D eigenvalue weighted by molar-refractivity contribution is 0.590. The van der Waals surface area contributed by atoms with Crippen molar-refractivity contribution in [1.29, 1.82) is 0 Å². The number of anilines is 6. The van der Waals surface area contributed by atoms with Gasteiger partial charge in [0.2, 0.25) is 0 Å². The minimum atomic E-state index is -0.254. The molecule has 0 unspecified atom stereocenters. The van der Waals surface area contributed by atoms with Gasteiger partial charge in [0, 0.05) is 28.0 Å². The largest absolute Gasteiger partial charge is 0.309 e. The van der Waals surface area contributed by atoms with Crippen LogP contribution in [0.2, 0.25) is 5.02 Å². The molecule has 0 spiro atoms. The molecule has 0 amide bonds. The minimum Gasteiger partial charge on any atom is -0.309 e. The predicted molar refractivity (Wildman–Crippen MR) is 266 cm³/mol. The third-order valence-corrected chi connectivity index (χ3v) is 12.5. The third-order valence-electron chi connectivity index (χ3n) is 12.1. The van der Waals surface area contributed by atoms with Crippen molar-refractivity contribution in [3.63, 3.8) is 0 Å². The molecule has 0 atom stereocenters. The Bertz CT molecular complexity index is 2580. The van der Waals surface area contributed by atoms with Crippen molar-refractivity contribution in [1.82, 2.24) is 0 Å². The van der Waals surface area contributed by atoms with E-state index in [0.717, 1.165) is 50.8 Å². The first kappa shape index (κ1) is 43.5. The van der Waals surface area contributed by atoms with Gasteiger partial charge in [-0.25, -0.2) is 0 Å². The summed E-state index contributed by atoms with van der Waals surface area (Å²) in [5.74, 6) is 0. The first-order valence-corrected chi connectivity index (χ1v) is 22.1. The van der Waals surface area contributed by atoms with Crippen LogP contribution in [-0.4, -0.2) is 0 Å². The molecule has 0 N–H and O–H groups in total. The summed E-state index contributed by atoms with van der Waals surface area (Å²) in [5, 5.41) is 0.666. The Kier molecular flexibility index (Phi) is 11.9. The number of benzene rings is 7. The van der Waals surface area contributed by atoms with Crippen LogP contribution in [0.25, 0.3) is 11.1 Å².